The first kappa shape index (κ1) is 35.6. The molecule has 45 heavy (non-hydrogen) atoms. The summed E-state index contributed by atoms with van der Waals surface area (Å²) in [7, 11) is -4.58. The number of rotatable bonds is 9. The van der Waals surface area contributed by atoms with Crippen molar-refractivity contribution < 1.29 is 57.3 Å². The van der Waals surface area contributed by atoms with Gasteiger partial charge in [-0.05, 0) is 85.0 Å². The van der Waals surface area contributed by atoms with Crippen LogP contribution >= 0.6 is 0 Å². The van der Waals surface area contributed by atoms with Gasteiger partial charge in [-0.1, -0.05) is 40.7 Å². The van der Waals surface area contributed by atoms with E-state index in [0.717, 1.165) is 12.0 Å². The van der Waals surface area contributed by atoms with Gasteiger partial charge in [0.25, 0.3) is 0 Å². The van der Waals surface area contributed by atoms with E-state index in [1.54, 1.807) is 0 Å². The van der Waals surface area contributed by atoms with Crippen molar-refractivity contribution in [2.24, 2.45) is 40.4 Å². The van der Waals surface area contributed by atoms with Crippen LogP contribution in [0.15, 0.2) is 11.6 Å². The molecule has 7 N–H and O–H groups in total. The lowest BCUT2D eigenvalue weighted by Gasteiger charge is -2.64. The third kappa shape index (κ3) is 6.41. The molecular formula is C32H54O12S. The Kier molecular flexibility index (Phi) is 9.99. The molecule has 1 aliphatic heterocycles. The third-order valence-corrected chi connectivity index (χ3v) is 13.0. The van der Waals surface area contributed by atoms with Crippen molar-refractivity contribution in [1.82, 2.24) is 0 Å². The Balaban J connectivity index is 1.33. The topological polar surface area (TPSA) is 203 Å². The van der Waals surface area contributed by atoms with Crippen LogP contribution in [0.2, 0.25) is 0 Å². The summed E-state index contributed by atoms with van der Waals surface area (Å²) in [5.41, 5.74) is -1.48. The minimum atomic E-state index is -4.58. The summed E-state index contributed by atoms with van der Waals surface area (Å²) < 4.78 is 48.4. The van der Waals surface area contributed by atoms with Gasteiger partial charge in [-0.25, -0.2) is 4.18 Å². The molecular weight excluding hydrogens is 608 g/mol. The van der Waals surface area contributed by atoms with Gasteiger partial charge in [0.05, 0.1) is 36.6 Å². The van der Waals surface area contributed by atoms with Crippen molar-refractivity contribution in [2.45, 2.75) is 141 Å². The molecule has 4 fully saturated rings. The number of fused-ring (bicyclic) bond motifs is 5. The lowest BCUT2D eigenvalue weighted by atomic mass is 9.43. The highest BCUT2D eigenvalue weighted by Gasteiger charge is 2.69. The molecule has 5 rings (SSSR count). The normalized spacial score (nSPS) is 48.2. The fourth-order valence-corrected chi connectivity index (χ4v) is 11.0. The molecule has 7 unspecified atom stereocenters. The Morgan fingerprint density at radius 2 is 1.69 bits per heavy atom. The van der Waals surface area contributed by atoms with E-state index in [-0.39, 0.29) is 36.7 Å². The second kappa shape index (κ2) is 12.6. The fraction of sp³-hybridized carbons (Fsp3) is 0.938. The van der Waals surface area contributed by atoms with E-state index in [4.69, 9.17) is 13.7 Å². The van der Waals surface area contributed by atoms with Gasteiger partial charge in [0.15, 0.2) is 6.29 Å². The Morgan fingerprint density at radius 3 is 2.33 bits per heavy atom. The first-order valence-corrected chi connectivity index (χ1v) is 18.0. The lowest BCUT2D eigenvalue weighted by molar-refractivity contribution is -0.280. The van der Waals surface area contributed by atoms with Crippen LogP contribution in [0.3, 0.4) is 0 Å². The number of ether oxygens (including phenoxy) is 2. The summed E-state index contributed by atoms with van der Waals surface area (Å²) in [6.07, 6.45) is -1.88. The molecule has 12 nitrogen and oxygen atoms in total. The van der Waals surface area contributed by atoms with Gasteiger partial charge in [-0.2, -0.15) is 8.42 Å². The molecule has 0 aromatic carbocycles. The van der Waals surface area contributed by atoms with Crippen LogP contribution in [0.25, 0.3) is 0 Å². The number of aliphatic hydroxyl groups is 6. The molecule has 0 aromatic heterocycles. The Morgan fingerprint density at radius 1 is 1.00 bits per heavy atom. The van der Waals surface area contributed by atoms with Crippen LogP contribution < -0.4 is 0 Å². The summed E-state index contributed by atoms with van der Waals surface area (Å²) in [6, 6.07) is 0. The third-order valence-electron chi connectivity index (χ3n) is 12.5. The second-order valence-corrected chi connectivity index (χ2v) is 16.6. The number of aliphatic hydroxyl groups excluding tert-OH is 5. The molecule has 1 saturated heterocycles. The smallest absolute Gasteiger partial charge is 0.393 e. The Bertz CT molecular complexity index is 1210. The summed E-state index contributed by atoms with van der Waals surface area (Å²) in [4.78, 5) is 0. The van der Waals surface area contributed by atoms with Crippen molar-refractivity contribution in [2.75, 3.05) is 6.61 Å². The zero-order valence-electron chi connectivity index (χ0n) is 27.0. The quantitative estimate of drug-likeness (QED) is 0.139. The van der Waals surface area contributed by atoms with Crippen molar-refractivity contribution in [3.05, 3.63) is 11.6 Å². The molecule has 0 spiro atoms. The van der Waals surface area contributed by atoms with Gasteiger partial charge in [0.1, 0.15) is 18.3 Å². The highest BCUT2D eigenvalue weighted by molar-refractivity contribution is 7.80. The van der Waals surface area contributed by atoms with Crippen LogP contribution in [0, 0.1) is 40.4 Å². The molecule has 0 bridgehead atoms. The molecule has 4 aliphatic carbocycles. The Labute approximate surface area is 266 Å². The van der Waals surface area contributed by atoms with Crippen LogP contribution in [0.4, 0.5) is 0 Å². The average molecular weight is 663 g/mol. The van der Waals surface area contributed by atoms with Crippen LogP contribution in [-0.4, -0.2) is 105 Å². The van der Waals surface area contributed by atoms with Crippen molar-refractivity contribution in [3.8, 4) is 0 Å². The molecule has 0 aromatic rings. The van der Waals surface area contributed by atoms with E-state index in [1.165, 1.54) is 0 Å². The standard InChI is InChI=1S/C32H54O12S/c1-16(2)24(44-45(39,40)41)7-6-17(3)19-13-21(33)28-31(19,5)11-9-25-30(4)10-8-18(12-20(30)22(34)14-32(25,28)38)43-29-27(37)26(36)23(35)15-42-29/h12,16-19,21-29,33-38H,6-11,13-15H2,1-5H3,(H,39,40,41)/t17-,18+,19-,21?,22-,23?,24+,25?,26?,27?,28?,29?,30+,31-,32+/m1/s1. The average Bonchev–Trinajstić information content (AvgIpc) is 3.22. The minimum absolute atomic E-state index is 0.0582. The van der Waals surface area contributed by atoms with E-state index in [9.17, 15) is 43.6 Å². The zero-order valence-corrected chi connectivity index (χ0v) is 27.8. The van der Waals surface area contributed by atoms with E-state index in [1.807, 2.05) is 19.9 Å². The lowest BCUT2D eigenvalue weighted by Crippen LogP contribution is -2.66. The Hall–Kier alpha value is -0.710. The largest absolute Gasteiger partial charge is 0.397 e. The monoisotopic (exact) mass is 662 g/mol. The highest BCUT2D eigenvalue weighted by atomic mass is 32.3. The number of hydrogen-bond acceptors (Lipinski definition) is 11. The summed E-state index contributed by atoms with van der Waals surface area (Å²) in [5, 5.41) is 66.0. The maximum atomic E-state index is 12.6. The van der Waals surface area contributed by atoms with Crippen molar-refractivity contribution in [3.63, 3.8) is 0 Å². The van der Waals surface area contributed by atoms with Gasteiger partial charge in [0, 0.05) is 12.3 Å². The van der Waals surface area contributed by atoms with Crippen LogP contribution in [0.5, 0.6) is 0 Å². The van der Waals surface area contributed by atoms with E-state index >= 15 is 0 Å². The van der Waals surface area contributed by atoms with Crippen LogP contribution in [0.1, 0.15) is 86.0 Å². The van der Waals surface area contributed by atoms with Gasteiger partial charge in [-0.3, -0.25) is 4.55 Å². The molecule has 0 radical (unpaired) electrons. The minimum Gasteiger partial charge on any atom is -0.393 e. The maximum Gasteiger partial charge on any atom is 0.397 e. The predicted octanol–water partition coefficient (Wildman–Crippen LogP) is 1.71. The summed E-state index contributed by atoms with van der Waals surface area (Å²) >= 11 is 0. The zero-order chi connectivity index (χ0) is 33.3. The molecule has 1 heterocycles. The predicted molar refractivity (Wildman–Crippen MR) is 162 cm³/mol. The summed E-state index contributed by atoms with van der Waals surface area (Å²) in [6.45, 7) is 9.83. The van der Waals surface area contributed by atoms with Crippen molar-refractivity contribution >= 4 is 10.4 Å². The second-order valence-electron chi connectivity index (χ2n) is 15.6. The van der Waals surface area contributed by atoms with E-state index in [2.05, 4.69) is 20.8 Å². The molecule has 260 valence electrons. The molecule has 0 amide bonds. The molecule has 3 saturated carbocycles. The van der Waals surface area contributed by atoms with Gasteiger partial charge in [-0.15, -0.1) is 0 Å². The highest BCUT2D eigenvalue weighted by Crippen LogP contribution is 2.69. The molecule has 5 aliphatic rings. The summed E-state index contributed by atoms with van der Waals surface area (Å²) in [5.74, 6) is -0.635. The first-order chi connectivity index (χ1) is 20.8. The SMILES string of the molecule is CC(C)[C@H](CC[C@@H](C)[C@H]1CC(O)C2[C@]3(O)C[C@@H](O)C4=C[C@@H](OC5OCC(O)C(O)C5O)CC[C@]4(C)C3CC[C@@]21C)OS(=O)(=O)O. The van der Waals surface area contributed by atoms with E-state index in [0.29, 0.717) is 38.5 Å². The van der Waals surface area contributed by atoms with E-state index < -0.39 is 81.8 Å². The first-order valence-electron chi connectivity index (χ1n) is 16.6. The molecule has 13 heteroatoms. The maximum absolute atomic E-state index is 12.6. The van der Waals surface area contributed by atoms with Crippen LogP contribution in [-0.2, 0) is 24.1 Å². The number of hydrogen-bond donors (Lipinski definition) is 7. The molecule has 15 atom stereocenters. The van der Waals surface area contributed by atoms with Gasteiger partial charge in [0.2, 0.25) is 0 Å². The van der Waals surface area contributed by atoms with Gasteiger partial charge < -0.3 is 40.1 Å². The van der Waals surface area contributed by atoms with Crippen molar-refractivity contribution in [1.29, 1.82) is 0 Å². The van der Waals surface area contributed by atoms with Gasteiger partial charge >= 0.3 is 10.4 Å². The fourth-order valence-electron chi connectivity index (χ4n) is 10.3.